The van der Waals surface area contributed by atoms with E-state index in [0.717, 1.165) is 9.75 Å². The molecule has 5 rings (SSSR count). The predicted molar refractivity (Wildman–Crippen MR) is 95.4 cm³/mol. The van der Waals surface area contributed by atoms with Gasteiger partial charge in [-0.3, -0.25) is 4.79 Å². The minimum absolute atomic E-state index is 0.00440. The first-order valence-electron chi connectivity index (χ1n) is 6.82. The van der Waals surface area contributed by atoms with Gasteiger partial charge < -0.3 is 10.1 Å². The van der Waals surface area contributed by atoms with E-state index in [9.17, 15) is 9.90 Å². The number of amides is 1. The van der Waals surface area contributed by atoms with Crippen LogP contribution in [0.25, 0.3) is 20.0 Å². The van der Waals surface area contributed by atoms with E-state index in [1.165, 1.54) is 20.7 Å². The average molecular weight is 356 g/mol. The number of nitrogens with zero attached hydrogens (tertiary/aromatic N) is 1. The van der Waals surface area contributed by atoms with Crippen molar-refractivity contribution in [3.8, 4) is 16.5 Å². The Labute approximate surface area is 142 Å². The first-order chi connectivity index (χ1) is 11.2. The third-order valence-electron chi connectivity index (χ3n) is 3.78. The number of H-pyrrole nitrogens is 1. The van der Waals surface area contributed by atoms with Gasteiger partial charge in [0.1, 0.15) is 0 Å². The van der Waals surface area contributed by atoms with Gasteiger partial charge in [-0.1, -0.05) is 6.07 Å². The topological polar surface area (TPSA) is 65.4 Å². The molecule has 0 radical (unpaired) electrons. The molecule has 1 aliphatic rings. The second-order valence-corrected chi connectivity index (χ2v) is 8.08. The van der Waals surface area contributed by atoms with Crippen molar-refractivity contribution in [1.29, 1.82) is 0 Å². The van der Waals surface area contributed by atoms with Crippen LogP contribution >= 0.6 is 34.0 Å². The number of aromatic hydroxyl groups is 1. The number of rotatable bonds is 2. The number of carbonyl (C=O) groups excluding carboxylic acids is 1. The van der Waals surface area contributed by atoms with Crippen LogP contribution in [-0.2, 0) is 0 Å². The molecule has 1 aliphatic heterocycles. The quantitative estimate of drug-likeness (QED) is 0.546. The lowest BCUT2D eigenvalue weighted by molar-refractivity contribution is 0.101. The molecule has 4 nitrogen and oxygen atoms in total. The zero-order valence-electron chi connectivity index (χ0n) is 11.5. The second kappa shape index (κ2) is 4.64. The zero-order chi connectivity index (χ0) is 15.6. The van der Waals surface area contributed by atoms with Crippen molar-refractivity contribution < 1.29 is 9.90 Å². The molecule has 0 saturated carbocycles. The number of fused-ring (bicyclic) bond motifs is 2. The first-order valence-corrected chi connectivity index (χ1v) is 9.39. The lowest BCUT2D eigenvalue weighted by Crippen LogP contribution is -1.96. The lowest BCUT2D eigenvalue weighted by Gasteiger charge is -1.96. The Morgan fingerprint density at radius 3 is 2.74 bits per heavy atom. The molecule has 5 heterocycles. The average Bonchev–Trinajstić information content (AvgIpc) is 3.26. The number of nitrogens with one attached hydrogen (secondary N) is 1. The highest BCUT2D eigenvalue weighted by Crippen LogP contribution is 2.43. The SMILES string of the molecule is O=C1N=C(c2cccs2)c2c(O)[nH]c(-c3cc4sccc4s3)c21. The summed E-state index contributed by atoms with van der Waals surface area (Å²) >= 11 is 4.77. The summed E-state index contributed by atoms with van der Waals surface area (Å²) in [5.74, 6) is -0.295. The minimum atomic E-state index is -0.299. The minimum Gasteiger partial charge on any atom is -0.494 e. The summed E-state index contributed by atoms with van der Waals surface area (Å²) in [6.07, 6.45) is 0. The number of aromatic nitrogens is 1. The Morgan fingerprint density at radius 2 is 1.96 bits per heavy atom. The van der Waals surface area contributed by atoms with Gasteiger partial charge in [0.2, 0.25) is 0 Å². The number of hydrogen-bond acceptors (Lipinski definition) is 5. The largest absolute Gasteiger partial charge is 0.494 e. The van der Waals surface area contributed by atoms with E-state index in [1.807, 2.05) is 29.0 Å². The van der Waals surface area contributed by atoms with Gasteiger partial charge in [-0.05, 0) is 29.0 Å². The molecule has 0 aliphatic carbocycles. The normalized spacial score (nSPS) is 13.7. The van der Waals surface area contributed by atoms with E-state index < -0.39 is 0 Å². The van der Waals surface area contributed by atoms with Crippen molar-refractivity contribution in [2.24, 2.45) is 4.99 Å². The van der Waals surface area contributed by atoms with Crippen molar-refractivity contribution in [2.45, 2.75) is 0 Å². The maximum Gasteiger partial charge on any atom is 0.280 e. The van der Waals surface area contributed by atoms with Gasteiger partial charge in [0.05, 0.1) is 32.3 Å². The van der Waals surface area contributed by atoms with Crippen LogP contribution in [-0.4, -0.2) is 21.7 Å². The van der Waals surface area contributed by atoms with Gasteiger partial charge in [0, 0.05) is 9.40 Å². The van der Waals surface area contributed by atoms with E-state index >= 15 is 0 Å². The standard InChI is InChI=1S/C16H8N2O2S3/c19-15-11-12(16(20)17-13(11)8-2-1-4-21-8)14(18-15)10-6-9-7(23-10)3-5-22-9/h1-6,18-19H. The molecule has 0 aromatic carbocycles. The Morgan fingerprint density at radius 1 is 1.04 bits per heavy atom. The van der Waals surface area contributed by atoms with Crippen LogP contribution in [0.4, 0.5) is 0 Å². The summed E-state index contributed by atoms with van der Waals surface area (Å²) < 4.78 is 2.36. The number of aliphatic imine (C=N–C) groups is 1. The van der Waals surface area contributed by atoms with Gasteiger partial charge >= 0.3 is 0 Å². The van der Waals surface area contributed by atoms with Crippen LogP contribution in [0.5, 0.6) is 5.88 Å². The molecular weight excluding hydrogens is 348 g/mol. The summed E-state index contributed by atoms with van der Waals surface area (Å²) in [4.78, 5) is 21.4. The summed E-state index contributed by atoms with van der Waals surface area (Å²) in [6, 6.07) is 7.92. The highest BCUT2D eigenvalue weighted by atomic mass is 32.1. The van der Waals surface area contributed by atoms with Crippen molar-refractivity contribution in [3.63, 3.8) is 0 Å². The van der Waals surface area contributed by atoms with Crippen molar-refractivity contribution in [3.05, 3.63) is 51.0 Å². The van der Waals surface area contributed by atoms with Gasteiger partial charge in [-0.25, -0.2) is 4.99 Å². The second-order valence-electron chi connectivity index (χ2n) is 5.10. The van der Waals surface area contributed by atoms with Gasteiger partial charge in [0.15, 0.2) is 5.88 Å². The monoisotopic (exact) mass is 356 g/mol. The van der Waals surface area contributed by atoms with Crippen LogP contribution in [0.1, 0.15) is 20.8 Å². The molecule has 112 valence electrons. The molecule has 0 fully saturated rings. The zero-order valence-corrected chi connectivity index (χ0v) is 13.9. The molecule has 0 unspecified atom stereocenters. The van der Waals surface area contributed by atoms with Crippen LogP contribution in [0.3, 0.4) is 0 Å². The van der Waals surface area contributed by atoms with Crippen LogP contribution in [0.15, 0.2) is 40.0 Å². The predicted octanol–water partition coefficient (Wildman–Crippen LogP) is 4.72. The third-order valence-corrected chi connectivity index (χ3v) is 6.77. The molecule has 0 bridgehead atoms. The van der Waals surface area contributed by atoms with Gasteiger partial charge in [-0.15, -0.1) is 34.0 Å². The number of aromatic amines is 1. The van der Waals surface area contributed by atoms with E-state index in [1.54, 1.807) is 22.7 Å². The lowest BCUT2D eigenvalue weighted by atomic mass is 10.1. The molecule has 4 aromatic rings. The van der Waals surface area contributed by atoms with E-state index in [0.29, 0.717) is 22.5 Å². The maximum atomic E-state index is 12.4. The van der Waals surface area contributed by atoms with Gasteiger partial charge in [0.25, 0.3) is 5.91 Å². The Bertz CT molecular complexity index is 1070. The molecule has 23 heavy (non-hydrogen) atoms. The van der Waals surface area contributed by atoms with Crippen molar-refractivity contribution in [1.82, 2.24) is 4.98 Å². The van der Waals surface area contributed by atoms with Crippen LogP contribution in [0.2, 0.25) is 0 Å². The smallest absolute Gasteiger partial charge is 0.280 e. The molecule has 7 heteroatoms. The number of thiophene rings is 3. The molecule has 0 atom stereocenters. The summed E-state index contributed by atoms with van der Waals surface area (Å²) in [7, 11) is 0. The molecule has 4 aromatic heterocycles. The first kappa shape index (κ1) is 13.2. The summed E-state index contributed by atoms with van der Waals surface area (Å²) in [5, 5.41) is 14.3. The molecule has 0 saturated heterocycles. The fourth-order valence-electron chi connectivity index (χ4n) is 2.81. The summed E-state index contributed by atoms with van der Waals surface area (Å²) in [6.45, 7) is 0. The van der Waals surface area contributed by atoms with Gasteiger partial charge in [-0.2, -0.15) is 0 Å². The Hall–Kier alpha value is -2.22. The van der Waals surface area contributed by atoms with E-state index in [4.69, 9.17) is 0 Å². The van der Waals surface area contributed by atoms with E-state index in [-0.39, 0.29) is 11.8 Å². The summed E-state index contributed by atoms with van der Waals surface area (Å²) in [5.41, 5.74) is 2.20. The molecule has 2 N–H and O–H groups in total. The fraction of sp³-hybridized carbons (Fsp3) is 0. The Kier molecular flexibility index (Phi) is 2.67. The van der Waals surface area contributed by atoms with Crippen LogP contribution in [0, 0.1) is 0 Å². The third kappa shape index (κ3) is 1.81. The maximum absolute atomic E-state index is 12.4. The Balaban J connectivity index is 1.73. The number of hydrogen-bond donors (Lipinski definition) is 2. The molecular formula is C16H8N2O2S3. The fourth-order valence-corrected chi connectivity index (χ4v) is 5.65. The highest BCUT2D eigenvalue weighted by molar-refractivity contribution is 7.28. The van der Waals surface area contributed by atoms with Crippen molar-refractivity contribution >= 4 is 55.0 Å². The van der Waals surface area contributed by atoms with Crippen molar-refractivity contribution in [2.75, 3.05) is 0 Å². The highest BCUT2D eigenvalue weighted by Gasteiger charge is 2.34. The van der Waals surface area contributed by atoms with Crippen LogP contribution < -0.4 is 0 Å². The number of carbonyl (C=O) groups is 1. The molecule has 0 spiro atoms. The molecule has 1 amide bonds. The van der Waals surface area contributed by atoms with E-state index in [2.05, 4.69) is 16.0 Å².